The van der Waals surface area contributed by atoms with Gasteiger partial charge in [-0.3, -0.25) is 0 Å². The van der Waals surface area contributed by atoms with E-state index in [-0.39, 0.29) is 6.04 Å². The Morgan fingerprint density at radius 2 is 2.06 bits per heavy atom. The van der Waals surface area contributed by atoms with Crippen LogP contribution in [0.1, 0.15) is 38.3 Å². The van der Waals surface area contributed by atoms with Gasteiger partial charge in [0.15, 0.2) is 11.6 Å². The van der Waals surface area contributed by atoms with Gasteiger partial charge in [0, 0.05) is 11.6 Å². The van der Waals surface area contributed by atoms with E-state index in [1.165, 1.54) is 6.07 Å². The first-order chi connectivity index (χ1) is 8.10. The molecule has 1 unspecified atom stereocenters. The van der Waals surface area contributed by atoms with Gasteiger partial charge in [0.05, 0.1) is 0 Å². The Bertz CT molecular complexity index is 388. The van der Waals surface area contributed by atoms with Crippen molar-refractivity contribution in [2.45, 2.75) is 32.7 Å². The summed E-state index contributed by atoms with van der Waals surface area (Å²) in [5.74, 6) is -1.56. The largest absolute Gasteiger partial charge is 0.310 e. The fourth-order valence-corrected chi connectivity index (χ4v) is 1.76. The molecular formula is C14H19F2N. The molecule has 1 aromatic carbocycles. The summed E-state index contributed by atoms with van der Waals surface area (Å²) in [4.78, 5) is 0. The maximum atomic E-state index is 13.7. The summed E-state index contributed by atoms with van der Waals surface area (Å²) >= 11 is 0. The fraction of sp³-hybridized carbons (Fsp3) is 0.429. The van der Waals surface area contributed by atoms with Crippen molar-refractivity contribution in [3.05, 3.63) is 47.5 Å². The standard InChI is InChI=1S/C14H19F2N/c1-4-10(3)9-13(17-5-2)11-7-6-8-12(15)14(11)16/h6-8,13,17H,3-5,9H2,1-2H3. The molecule has 0 saturated carbocycles. The van der Waals surface area contributed by atoms with E-state index >= 15 is 0 Å². The molecule has 0 amide bonds. The predicted molar refractivity (Wildman–Crippen MR) is 66.8 cm³/mol. The molecule has 0 bridgehead atoms. The maximum Gasteiger partial charge on any atom is 0.163 e. The highest BCUT2D eigenvalue weighted by molar-refractivity contribution is 5.24. The van der Waals surface area contributed by atoms with Crippen molar-refractivity contribution < 1.29 is 8.78 Å². The maximum absolute atomic E-state index is 13.7. The molecule has 0 fully saturated rings. The van der Waals surface area contributed by atoms with E-state index in [2.05, 4.69) is 11.9 Å². The Morgan fingerprint density at radius 3 is 2.65 bits per heavy atom. The van der Waals surface area contributed by atoms with Crippen LogP contribution in [-0.2, 0) is 0 Å². The van der Waals surface area contributed by atoms with Crippen molar-refractivity contribution in [1.82, 2.24) is 5.32 Å². The van der Waals surface area contributed by atoms with Gasteiger partial charge in [-0.1, -0.05) is 38.1 Å². The van der Waals surface area contributed by atoms with Gasteiger partial charge in [-0.05, 0) is 25.5 Å². The van der Waals surface area contributed by atoms with Crippen LogP contribution in [-0.4, -0.2) is 6.54 Å². The third-order valence-corrected chi connectivity index (χ3v) is 2.80. The van der Waals surface area contributed by atoms with Crippen LogP contribution in [0.4, 0.5) is 8.78 Å². The Balaban J connectivity index is 2.96. The van der Waals surface area contributed by atoms with Gasteiger partial charge in [0.2, 0.25) is 0 Å². The van der Waals surface area contributed by atoms with E-state index < -0.39 is 11.6 Å². The summed E-state index contributed by atoms with van der Waals surface area (Å²) < 4.78 is 26.9. The van der Waals surface area contributed by atoms with Crippen molar-refractivity contribution in [2.75, 3.05) is 6.54 Å². The molecule has 1 atom stereocenters. The van der Waals surface area contributed by atoms with Crippen molar-refractivity contribution in [1.29, 1.82) is 0 Å². The van der Waals surface area contributed by atoms with E-state index in [0.717, 1.165) is 18.1 Å². The van der Waals surface area contributed by atoms with Gasteiger partial charge in [-0.15, -0.1) is 0 Å². The normalized spacial score (nSPS) is 12.5. The van der Waals surface area contributed by atoms with Gasteiger partial charge in [0.25, 0.3) is 0 Å². The second-order valence-electron chi connectivity index (χ2n) is 4.06. The summed E-state index contributed by atoms with van der Waals surface area (Å²) in [5, 5.41) is 3.16. The van der Waals surface area contributed by atoms with Crippen molar-refractivity contribution in [3.8, 4) is 0 Å². The lowest BCUT2D eigenvalue weighted by Crippen LogP contribution is -2.22. The molecule has 0 aliphatic rings. The van der Waals surface area contributed by atoms with E-state index in [4.69, 9.17) is 0 Å². The average molecular weight is 239 g/mol. The zero-order valence-electron chi connectivity index (χ0n) is 10.4. The minimum Gasteiger partial charge on any atom is -0.310 e. The van der Waals surface area contributed by atoms with Gasteiger partial charge < -0.3 is 5.32 Å². The van der Waals surface area contributed by atoms with Crippen LogP contribution < -0.4 is 5.32 Å². The zero-order chi connectivity index (χ0) is 12.8. The van der Waals surface area contributed by atoms with E-state index in [1.807, 2.05) is 13.8 Å². The van der Waals surface area contributed by atoms with Crippen LogP contribution in [0, 0.1) is 11.6 Å². The monoisotopic (exact) mass is 239 g/mol. The molecule has 1 N–H and O–H groups in total. The van der Waals surface area contributed by atoms with Crippen LogP contribution in [0.15, 0.2) is 30.4 Å². The van der Waals surface area contributed by atoms with Crippen molar-refractivity contribution in [3.63, 3.8) is 0 Å². The van der Waals surface area contributed by atoms with E-state index in [0.29, 0.717) is 18.5 Å². The zero-order valence-corrected chi connectivity index (χ0v) is 10.4. The molecule has 0 saturated heterocycles. The summed E-state index contributed by atoms with van der Waals surface area (Å²) in [5.41, 5.74) is 1.40. The lowest BCUT2D eigenvalue weighted by molar-refractivity contribution is 0.462. The molecule has 1 rings (SSSR count). The Kier molecular flexibility index (Phi) is 5.29. The van der Waals surface area contributed by atoms with Gasteiger partial charge >= 0.3 is 0 Å². The molecule has 94 valence electrons. The smallest absolute Gasteiger partial charge is 0.163 e. The second-order valence-corrected chi connectivity index (χ2v) is 4.06. The van der Waals surface area contributed by atoms with E-state index in [1.54, 1.807) is 6.07 Å². The molecule has 0 radical (unpaired) electrons. The minimum absolute atomic E-state index is 0.205. The molecule has 0 aliphatic carbocycles. The van der Waals surface area contributed by atoms with Crippen LogP contribution in [0.25, 0.3) is 0 Å². The lowest BCUT2D eigenvalue weighted by Gasteiger charge is -2.20. The van der Waals surface area contributed by atoms with Gasteiger partial charge in [-0.2, -0.15) is 0 Å². The van der Waals surface area contributed by atoms with Crippen molar-refractivity contribution >= 4 is 0 Å². The molecule has 0 aromatic heterocycles. The molecule has 0 spiro atoms. The lowest BCUT2D eigenvalue weighted by atomic mass is 9.98. The molecule has 0 aliphatic heterocycles. The highest BCUT2D eigenvalue weighted by atomic mass is 19.2. The molecular weight excluding hydrogens is 220 g/mol. The number of halogens is 2. The minimum atomic E-state index is -0.799. The van der Waals surface area contributed by atoms with Crippen LogP contribution in [0.3, 0.4) is 0 Å². The Hall–Kier alpha value is -1.22. The first kappa shape index (κ1) is 13.8. The van der Waals surface area contributed by atoms with Crippen LogP contribution in [0.5, 0.6) is 0 Å². The Labute approximate surface area is 102 Å². The molecule has 3 heteroatoms. The number of nitrogens with one attached hydrogen (secondary N) is 1. The quantitative estimate of drug-likeness (QED) is 0.741. The fourth-order valence-electron chi connectivity index (χ4n) is 1.76. The average Bonchev–Trinajstić information content (AvgIpc) is 2.32. The summed E-state index contributed by atoms with van der Waals surface area (Å²) in [6.45, 7) is 8.57. The number of benzene rings is 1. The number of hydrogen-bond acceptors (Lipinski definition) is 1. The first-order valence-electron chi connectivity index (χ1n) is 5.94. The molecule has 1 aromatic rings. The highest BCUT2D eigenvalue weighted by Crippen LogP contribution is 2.25. The summed E-state index contributed by atoms with van der Waals surface area (Å²) in [7, 11) is 0. The molecule has 0 heterocycles. The van der Waals surface area contributed by atoms with Crippen LogP contribution in [0.2, 0.25) is 0 Å². The third-order valence-electron chi connectivity index (χ3n) is 2.80. The third kappa shape index (κ3) is 3.63. The van der Waals surface area contributed by atoms with Crippen LogP contribution >= 0.6 is 0 Å². The summed E-state index contributed by atoms with van der Waals surface area (Å²) in [6.07, 6.45) is 1.48. The predicted octanol–water partition coefficient (Wildman–Crippen LogP) is 3.97. The van der Waals surface area contributed by atoms with E-state index in [9.17, 15) is 8.78 Å². The summed E-state index contributed by atoms with van der Waals surface area (Å²) in [6, 6.07) is 4.08. The van der Waals surface area contributed by atoms with Crippen molar-refractivity contribution in [2.24, 2.45) is 0 Å². The number of hydrogen-bond donors (Lipinski definition) is 1. The molecule has 17 heavy (non-hydrogen) atoms. The highest BCUT2D eigenvalue weighted by Gasteiger charge is 2.17. The Morgan fingerprint density at radius 1 is 1.35 bits per heavy atom. The topological polar surface area (TPSA) is 12.0 Å². The molecule has 1 nitrogen and oxygen atoms in total. The number of rotatable bonds is 6. The SMILES string of the molecule is C=C(CC)CC(NCC)c1cccc(F)c1F. The first-order valence-corrected chi connectivity index (χ1v) is 5.94. The van der Waals surface area contributed by atoms with Gasteiger partial charge in [-0.25, -0.2) is 8.78 Å². The van der Waals surface area contributed by atoms with Gasteiger partial charge in [0.1, 0.15) is 0 Å². The second kappa shape index (κ2) is 6.50.